The van der Waals surface area contributed by atoms with E-state index >= 15 is 0 Å². The summed E-state index contributed by atoms with van der Waals surface area (Å²) in [7, 11) is 1.95. The van der Waals surface area contributed by atoms with Crippen LogP contribution >= 0.6 is 15.9 Å². The van der Waals surface area contributed by atoms with Gasteiger partial charge < -0.3 is 14.6 Å². The second kappa shape index (κ2) is 6.90. The lowest BCUT2D eigenvalue weighted by molar-refractivity contribution is 0.292. The number of imidazole rings is 1. The van der Waals surface area contributed by atoms with Gasteiger partial charge in [-0.25, -0.2) is 4.98 Å². The Morgan fingerprint density at radius 3 is 2.90 bits per heavy atom. The number of hydrogen-bond donors (Lipinski definition) is 1. The zero-order valence-electron chi connectivity index (χ0n) is 12.1. The number of aryl methyl sites for hydroxylation is 1. The average molecular weight is 338 g/mol. The molecule has 0 aliphatic carbocycles. The van der Waals surface area contributed by atoms with Crippen LogP contribution in [0.15, 0.2) is 35.1 Å². The minimum atomic E-state index is 0.248. The van der Waals surface area contributed by atoms with Crippen molar-refractivity contribution < 1.29 is 4.74 Å². The third kappa shape index (κ3) is 3.61. The molecule has 1 heterocycles. The molecule has 2 aromatic rings. The Balaban J connectivity index is 2.04. The van der Waals surface area contributed by atoms with Gasteiger partial charge in [-0.3, -0.25) is 0 Å². The number of ether oxygens (including phenoxy) is 1. The van der Waals surface area contributed by atoms with Gasteiger partial charge in [-0.2, -0.15) is 0 Å². The summed E-state index contributed by atoms with van der Waals surface area (Å²) in [6, 6.07) is 6.36. The van der Waals surface area contributed by atoms with Gasteiger partial charge in [0, 0.05) is 28.5 Å². The van der Waals surface area contributed by atoms with Gasteiger partial charge in [0.05, 0.1) is 6.54 Å². The van der Waals surface area contributed by atoms with Gasteiger partial charge >= 0.3 is 0 Å². The van der Waals surface area contributed by atoms with Gasteiger partial charge in [0.25, 0.3) is 0 Å². The molecule has 0 aliphatic heterocycles. The maximum absolute atomic E-state index is 5.93. The first-order valence-electron chi connectivity index (χ1n) is 6.69. The van der Waals surface area contributed by atoms with Crippen LogP contribution in [-0.2, 0) is 6.54 Å². The summed E-state index contributed by atoms with van der Waals surface area (Å²) in [4.78, 5) is 4.20. The summed E-state index contributed by atoms with van der Waals surface area (Å²) < 4.78 is 9.08. The maximum Gasteiger partial charge on any atom is 0.124 e. The Bertz CT molecular complexity index is 568. The van der Waals surface area contributed by atoms with Crippen molar-refractivity contribution in [2.24, 2.45) is 0 Å². The van der Waals surface area contributed by atoms with Crippen LogP contribution in [0.3, 0.4) is 0 Å². The Labute approximate surface area is 128 Å². The third-order valence-electron chi connectivity index (χ3n) is 3.38. The SMILES string of the molecule is CNC(C)c1cc(Br)ccc1OCCn1ccnc1C. The van der Waals surface area contributed by atoms with E-state index in [1.54, 1.807) is 0 Å². The molecule has 1 unspecified atom stereocenters. The number of benzene rings is 1. The van der Waals surface area contributed by atoms with Crippen molar-refractivity contribution in [3.63, 3.8) is 0 Å². The molecule has 0 saturated carbocycles. The maximum atomic E-state index is 5.93. The van der Waals surface area contributed by atoms with Crippen LogP contribution in [0, 0.1) is 6.92 Å². The van der Waals surface area contributed by atoms with E-state index in [1.807, 2.05) is 38.5 Å². The zero-order chi connectivity index (χ0) is 14.5. The molecule has 1 aromatic carbocycles. The number of nitrogens with zero attached hydrogens (tertiary/aromatic N) is 2. The monoisotopic (exact) mass is 337 g/mol. The first-order valence-corrected chi connectivity index (χ1v) is 7.48. The highest BCUT2D eigenvalue weighted by atomic mass is 79.9. The van der Waals surface area contributed by atoms with E-state index in [-0.39, 0.29) is 6.04 Å². The van der Waals surface area contributed by atoms with Gasteiger partial charge in [0.15, 0.2) is 0 Å². The van der Waals surface area contributed by atoms with Crippen molar-refractivity contribution in [3.05, 3.63) is 46.5 Å². The van der Waals surface area contributed by atoms with Crippen molar-refractivity contribution in [1.82, 2.24) is 14.9 Å². The fourth-order valence-electron chi connectivity index (χ4n) is 2.04. The van der Waals surface area contributed by atoms with E-state index in [0.29, 0.717) is 6.61 Å². The van der Waals surface area contributed by atoms with E-state index in [4.69, 9.17) is 4.74 Å². The quantitative estimate of drug-likeness (QED) is 0.878. The first-order chi connectivity index (χ1) is 9.61. The summed E-state index contributed by atoms with van der Waals surface area (Å²) >= 11 is 3.51. The first kappa shape index (κ1) is 15.1. The lowest BCUT2D eigenvalue weighted by Gasteiger charge is -2.17. The summed E-state index contributed by atoms with van der Waals surface area (Å²) in [5.41, 5.74) is 1.16. The summed E-state index contributed by atoms with van der Waals surface area (Å²) in [6.45, 7) is 5.54. The molecular formula is C15H20BrN3O. The predicted molar refractivity (Wildman–Crippen MR) is 84.1 cm³/mol. The van der Waals surface area contributed by atoms with Crippen LogP contribution in [0.1, 0.15) is 24.4 Å². The van der Waals surface area contributed by atoms with Crippen LogP contribution in [0.4, 0.5) is 0 Å². The van der Waals surface area contributed by atoms with E-state index < -0.39 is 0 Å². The van der Waals surface area contributed by atoms with Crippen molar-refractivity contribution in [2.75, 3.05) is 13.7 Å². The van der Waals surface area contributed by atoms with Gasteiger partial charge in [-0.1, -0.05) is 15.9 Å². The fourth-order valence-corrected chi connectivity index (χ4v) is 2.42. The minimum absolute atomic E-state index is 0.248. The molecule has 0 radical (unpaired) electrons. The highest BCUT2D eigenvalue weighted by Gasteiger charge is 2.10. The Hall–Kier alpha value is -1.33. The normalized spacial score (nSPS) is 12.4. The third-order valence-corrected chi connectivity index (χ3v) is 3.88. The van der Waals surface area contributed by atoms with Crippen LogP contribution in [0.2, 0.25) is 0 Å². The highest BCUT2D eigenvalue weighted by molar-refractivity contribution is 9.10. The zero-order valence-corrected chi connectivity index (χ0v) is 13.6. The average Bonchev–Trinajstić information content (AvgIpc) is 2.85. The van der Waals surface area contributed by atoms with Crippen LogP contribution in [0.25, 0.3) is 0 Å². The lowest BCUT2D eigenvalue weighted by atomic mass is 10.1. The molecule has 108 valence electrons. The van der Waals surface area contributed by atoms with Gasteiger partial charge in [-0.05, 0) is 39.1 Å². The number of nitrogens with one attached hydrogen (secondary N) is 1. The largest absolute Gasteiger partial charge is 0.491 e. The molecule has 0 aliphatic rings. The Kier molecular flexibility index (Phi) is 5.20. The predicted octanol–water partition coefficient (Wildman–Crippen LogP) is 3.31. The number of aromatic nitrogens is 2. The van der Waals surface area contributed by atoms with Crippen molar-refractivity contribution in [2.45, 2.75) is 26.4 Å². The van der Waals surface area contributed by atoms with Crippen molar-refractivity contribution >= 4 is 15.9 Å². The molecule has 0 spiro atoms. The van der Waals surface area contributed by atoms with Crippen molar-refractivity contribution in [3.8, 4) is 5.75 Å². The van der Waals surface area contributed by atoms with E-state index in [0.717, 1.165) is 28.2 Å². The number of rotatable bonds is 6. The summed E-state index contributed by atoms with van der Waals surface area (Å²) in [6.07, 6.45) is 3.78. The molecule has 5 heteroatoms. The van der Waals surface area contributed by atoms with Gasteiger partial charge in [0.2, 0.25) is 0 Å². The smallest absolute Gasteiger partial charge is 0.124 e. The van der Waals surface area contributed by atoms with E-state index in [9.17, 15) is 0 Å². The highest BCUT2D eigenvalue weighted by Crippen LogP contribution is 2.28. The van der Waals surface area contributed by atoms with Crippen LogP contribution < -0.4 is 10.1 Å². The second-order valence-corrected chi connectivity index (χ2v) is 5.62. The molecule has 1 atom stereocenters. The molecule has 2 rings (SSSR count). The van der Waals surface area contributed by atoms with Crippen LogP contribution in [0.5, 0.6) is 5.75 Å². The molecule has 20 heavy (non-hydrogen) atoms. The van der Waals surface area contributed by atoms with E-state index in [1.165, 1.54) is 0 Å². The molecule has 0 saturated heterocycles. The molecule has 0 fully saturated rings. The standard InChI is InChI=1S/C15H20BrN3O/c1-11(17-3)14-10-13(16)4-5-15(14)20-9-8-19-7-6-18-12(19)2/h4-7,10-11,17H,8-9H2,1-3H3. The molecule has 0 amide bonds. The van der Waals surface area contributed by atoms with Gasteiger partial charge in [0.1, 0.15) is 18.2 Å². The molecule has 1 aromatic heterocycles. The number of hydrogen-bond acceptors (Lipinski definition) is 3. The minimum Gasteiger partial charge on any atom is -0.491 e. The Morgan fingerprint density at radius 2 is 2.25 bits per heavy atom. The topological polar surface area (TPSA) is 39.1 Å². The molecule has 1 N–H and O–H groups in total. The lowest BCUT2D eigenvalue weighted by Crippen LogP contribution is -2.15. The number of halogens is 1. The summed E-state index contributed by atoms with van der Waals surface area (Å²) in [5.74, 6) is 1.93. The van der Waals surface area contributed by atoms with Gasteiger partial charge in [-0.15, -0.1) is 0 Å². The van der Waals surface area contributed by atoms with Crippen LogP contribution in [-0.4, -0.2) is 23.2 Å². The Morgan fingerprint density at radius 1 is 1.45 bits per heavy atom. The molecule has 4 nitrogen and oxygen atoms in total. The molecule has 0 bridgehead atoms. The summed E-state index contributed by atoms with van der Waals surface area (Å²) in [5, 5.41) is 3.25. The van der Waals surface area contributed by atoms with E-state index in [2.05, 4.69) is 43.8 Å². The fraction of sp³-hybridized carbons (Fsp3) is 0.400. The van der Waals surface area contributed by atoms with Crippen molar-refractivity contribution in [1.29, 1.82) is 0 Å². The second-order valence-electron chi connectivity index (χ2n) is 4.71. The molecular weight excluding hydrogens is 318 g/mol.